The van der Waals surface area contributed by atoms with Gasteiger partial charge in [-0.15, -0.1) is 0 Å². The molecule has 0 bridgehead atoms. The van der Waals surface area contributed by atoms with Gasteiger partial charge < -0.3 is 5.32 Å². The predicted octanol–water partition coefficient (Wildman–Crippen LogP) is 2.12. The molecule has 4 aliphatic heterocycles. The van der Waals surface area contributed by atoms with Gasteiger partial charge in [0.2, 0.25) is 17.7 Å². The summed E-state index contributed by atoms with van der Waals surface area (Å²) in [5.74, 6) is -1.78. The Morgan fingerprint density at radius 2 is 1.68 bits per heavy atom. The second kappa shape index (κ2) is 5.29. The second-order valence-corrected chi connectivity index (χ2v) is 8.02. The molecule has 2 aromatic carbocycles. The number of amides is 3. The number of rotatable bonds is 1. The molecule has 1 unspecified atom stereocenters. The van der Waals surface area contributed by atoms with Crippen molar-refractivity contribution in [3.63, 3.8) is 0 Å². The van der Waals surface area contributed by atoms with Gasteiger partial charge >= 0.3 is 0 Å². The van der Waals surface area contributed by atoms with Crippen LogP contribution in [0.5, 0.6) is 0 Å². The molecule has 6 heteroatoms. The van der Waals surface area contributed by atoms with Crippen molar-refractivity contribution in [1.29, 1.82) is 0 Å². The van der Waals surface area contributed by atoms with Gasteiger partial charge in [0.1, 0.15) is 5.54 Å². The van der Waals surface area contributed by atoms with Gasteiger partial charge in [-0.2, -0.15) is 0 Å². The van der Waals surface area contributed by atoms with Gasteiger partial charge in [0.05, 0.1) is 17.5 Å². The van der Waals surface area contributed by atoms with Crippen LogP contribution >= 0.6 is 0 Å². The largest absolute Gasteiger partial charge is 0.324 e. The minimum absolute atomic E-state index is 0.0768. The molecule has 6 nitrogen and oxygen atoms in total. The van der Waals surface area contributed by atoms with E-state index in [1.54, 1.807) is 12.1 Å². The van der Waals surface area contributed by atoms with E-state index in [2.05, 4.69) is 10.2 Å². The van der Waals surface area contributed by atoms with E-state index < -0.39 is 17.4 Å². The molecular weight excluding hydrogens is 354 g/mol. The van der Waals surface area contributed by atoms with Gasteiger partial charge in [0, 0.05) is 17.3 Å². The standard InChI is InChI=1S/C22H19N3O3/c26-19-17-16-11-6-12-24(16)22(14-9-4-5-10-15(14)23-21(22)28)18(17)20(27)25(19)13-7-2-1-3-8-13/h1-5,7-10,16-18H,6,11-12H2,(H,23,28)/t16?,17-,18+,22-/m1/s1. The molecule has 0 radical (unpaired) electrons. The van der Waals surface area contributed by atoms with Crippen LogP contribution < -0.4 is 10.2 Å². The van der Waals surface area contributed by atoms with Crippen LogP contribution in [-0.4, -0.2) is 35.2 Å². The number of anilines is 2. The lowest BCUT2D eigenvalue weighted by molar-refractivity contribution is -0.135. The van der Waals surface area contributed by atoms with E-state index >= 15 is 0 Å². The number of nitrogens with one attached hydrogen (secondary N) is 1. The maximum absolute atomic E-state index is 13.6. The first-order valence-electron chi connectivity index (χ1n) is 9.76. The van der Waals surface area contributed by atoms with E-state index in [1.807, 2.05) is 42.5 Å². The van der Waals surface area contributed by atoms with E-state index in [1.165, 1.54) is 4.90 Å². The maximum Gasteiger partial charge on any atom is 0.250 e. The minimum atomic E-state index is -1.08. The number of benzene rings is 2. The zero-order chi connectivity index (χ0) is 19.0. The number of carbonyl (C=O) groups is 3. The minimum Gasteiger partial charge on any atom is -0.324 e. The molecule has 0 aliphatic carbocycles. The number of imide groups is 1. The van der Waals surface area contributed by atoms with Gasteiger partial charge in [-0.1, -0.05) is 36.4 Å². The first-order valence-corrected chi connectivity index (χ1v) is 9.76. The number of carbonyl (C=O) groups excluding carboxylic acids is 3. The third-order valence-electron chi connectivity index (χ3n) is 6.91. The Morgan fingerprint density at radius 3 is 2.50 bits per heavy atom. The van der Waals surface area contributed by atoms with Gasteiger partial charge in [0.15, 0.2) is 0 Å². The Balaban J connectivity index is 1.58. The Hall–Kier alpha value is -2.99. The van der Waals surface area contributed by atoms with E-state index in [-0.39, 0.29) is 23.8 Å². The number of para-hydroxylation sites is 2. The number of fused-ring (bicyclic) bond motifs is 7. The fourth-order valence-electron chi connectivity index (χ4n) is 5.99. The van der Waals surface area contributed by atoms with Crippen LogP contribution in [0.2, 0.25) is 0 Å². The highest BCUT2D eigenvalue weighted by atomic mass is 16.2. The SMILES string of the molecule is O=C1[C@@H]2C3CCCN3[C@@]3(C(=O)Nc4ccccc43)[C@@H]2C(=O)N1c1ccccc1. The second-order valence-electron chi connectivity index (χ2n) is 8.02. The zero-order valence-electron chi connectivity index (χ0n) is 15.2. The topological polar surface area (TPSA) is 69.7 Å². The molecule has 28 heavy (non-hydrogen) atoms. The summed E-state index contributed by atoms with van der Waals surface area (Å²) in [7, 11) is 0. The van der Waals surface area contributed by atoms with Crippen molar-refractivity contribution in [3.8, 4) is 0 Å². The fourth-order valence-corrected chi connectivity index (χ4v) is 5.99. The van der Waals surface area contributed by atoms with E-state index in [4.69, 9.17) is 0 Å². The lowest BCUT2D eigenvalue weighted by atomic mass is 9.75. The van der Waals surface area contributed by atoms with Crippen LogP contribution in [0.3, 0.4) is 0 Å². The van der Waals surface area contributed by atoms with E-state index in [0.717, 1.165) is 30.6 Å². The molecular formula is C22H19N3O3. The molecule has 6 rings (SSSR count). The van der Waals surface area contributed by atoms with Crippen LogP contribution in [-0.2, 0) is 19.9 Å². The summed E-state index contributed by atoms with van der Waals surface area (Å²) in [6.07, 6.45) is 1.76. The first kappa shape index (κ1) is 16.0. The van der Waals surface area contributed by atoms with Crippen LogP contribution in [0.4, 0.5) is 11.4 Å². The lowest BCUT2D eigenvalue weighted by Crippen LogP contribution is -2.54. The molecule has 3 saturated heterocycles. The van der Waals surface area contributed by atoms with Gasteiger partial charge in [0.25, 0.3) is 0 Å². The summed E-state index contributed by atoms with van der Waals surface area (Å²) >= 11 is 0. The number of hydrogen-bond acceptors (Lipinski definition) is 4. The number of nitrogens with zero attached hydrogens (tertiary/aromatic N) is 2. The quantitative estimate of drug-likeness (QED) is 0.778. The van der Waals surface area contributed by atoms with Crippen LogP contribution in [0.1, 0.15) is 18.4 Å². The zero-order valence-corrected chi connectivity index (χ0v) is 15.2. The Bertz CT molecular complexity index is 1040. The summed E-state index contributed by atoms with van der Waals surface area (Å²) < 4.78 is 0. The lowest BCUT2D eigenvalue weighted by Gasteiger charge is -2.36. The molecule has 140 valence electrons. The molecule has 3 amide bonds. The molecule has 2 aromatic rings. The van der Waals surface area contributed by atoms with Gasteiger partial charge in [-0.3, -0.25) is 19.3 Å². The molecule has 3 fully saturated rings. The predicted molar refractivity (Wildman–Crippen MR) is 102 cm³/mol. The molecule has 1 spiro atoms. The Morgan fingerprint density at radius 1 is 0.929 bits per heavy atom. The summed E-state index contributed by atoms with van der Waals surface area (Å²) in [6.45, 7) is 0.727. The molecule has 4 aliphatic rings. The summed E-state index contributed by atoms with van der Waals surface area (Å²) in [6, 6.07) is 16.5. The van der Waals surface area contributed by atoms with Crippen molar-refractivity contribution in [3.05, 3.63) is 60.2 Å². The molecule has 0 saturated carbocycles. The van der Waals surface area contributed by atoms with Crippen molar-refractivity contribution in [2.45, 2.75) is 24.4 Å². The third kappa shape index (κ3) is 1.66. The maximum atomic E-state index is 13.6. The first-order chi connectivity index (χ1) is 13.7. The van der Waals surface area contributed by atoms with Crippen LogP contribution in [0.15, 0.2) is 54.6 Å². The summed E-state index contributed by atoms with van der Waals surface area (Å²) in [5.41, 5.74) is 1.07. The summed E-state index contributed by atoms with van der Waals surface area (Å²) in [4.78, 5) is 43.9. The third-order valence-corrected chi connectivity index (χ3v) is 6.91. The number of hydrogen-bond donors (Lipinski definition) is 1. The molecule has 1 N–H and O–H groups in total. The fraction of sp³-hybridized carbons (Fsp3) is 0.318. The Labute approximate surface area is 162 Å². The average Bonchev–Trinajstić information content (AvgIpc) is 3.41. The van der Waals surface area contributed by atoms with Crippen molar-refractivity contribution < 1.29 is 14.4 Å². The van der Waals surface area contributed by atoms with E-state index in [9.17, 15) is 14.4 Å². The highest BCUT2D eigenvalue weighted by Crippen LogP contribution is 2.60. The van der Waals surface area contributed by atoms with Crippen molar-refractivity contribution in [2.75, 3.05) is 16.8 Å². The normalized spacial score (nSPS) is 33.4. The average molecular weight is 373 g/mol. The van der Waals surface area contributed by atoms with E-state index in [0.29, 0.717) is 5.69 Å². The van der Waals surface area contributed by atoms with Gasteiger partial charge in [-0.25, -0.2) is 4.90 Å². The van der Waals surface area contributed by atoms with Gasteiger partial charge in [-0.05, 0) is 37.6 Å². The summed E-state index contributed by atoms with van der Waals surface area (Å²) in [5, 5.41) is 2.98. The van der Waals surface area contributed by atoms with Crippen molar-refractivity contribution in [1.82, 2.24) is 4.90 Å². The van der Waals surface area contributed by atoms with Crippen LogP contribution in [0, 0.1) is 11.8 Å². The van der Waals surface area contributed by atoms with Crippen molar-refractivity contribution in [2.24, 2.45) is 11.8 Å². The smallest absolute Gasteiger partial charge is 0.250 e. The van der Waals surface area contributed by atoms with Crippen molar-refractivity contribution >= 4 is 29.1 Å². The molecule has 0 aromatic heterocycles. The highest BCUT2D eigenvalue weighted by molar-refractivity contribution is 6.25. The molecule has 4 heterocycles. The molecule has 4 atom stereocenters. The van der Waals surface area contributed by atoms with Crippen LogP contribution in [0.25, 0.3) is 0 Å². The highest BCUT2D eigenvalue weighted by Gasteiger charge is 2.74. The Kier molecular flexibility index (Phi) is 3.03. The monoisotopic (exact) mass is 373 g/mol.